The van der Waals surface area contributed by atoms with Crippen molar-refractivity contribution in [2.24, 2.45) is 11.7 Å². The summed E-state index contributed by atoms with van der Waals surface area (Å²) in [5, 5.41) is 0. The molecule has 0 radical (unpaired) electrons. The molecule has 1 saturated heterocycles. The van der Waals surface area contributed by atoms with Crippen LogP contribution in [0.25, 0.3) is 0 Å². The molecule has 0 amide bonds. The number of halogens is 3. The second-order valence-electron chi connectivity index (χ2n) is 5.48. The molecule has 2 rings (SSSR count). The Bertz CT molecular complexity index is 545. The van der Waals surface area contributed by atoms with Gasteiger partial charge in [0.1, 0.15) is 16.5 Å². The molecule has 1 aliphatic heterocycles. The van der Waals surface area contributed by atoms with Crippen molar-refractivity contribution in [3.8, 4) is 0 Å². The molecule has 1 aliphatic rings. The van der Waals surface area contributed by atoms with Crippen LogP contribution in [-0.4, -0.2) is 22.6 Å². The first-order valence-corrected chi connectivity index (χ1v) is 7.27. The van der Waals surface area contributed by atoms with Crippen molar-refractivity contribution in [2.45, 2.75) is 38.9 Å². The fourth-order valence-corrected chi connectivity index (χ4v) is 2.81. The molecule has 0 spiro atoms. The number of piperidine rings is 1. The van der Waals surface area contributed by atoms with Gasteiger partial charge in [-0.25, -0.2) is 4.98 Å². The number of hydrogen-bond donors (Lipinski definition) is 1. The van der Waals surface area contributed by atoms with Crippen LogP contribution in [0.4, 0.5) is 19.0 Å². The second kappa shape index (κ2) is 5.79. The Morgan fingerprint density at radius 2 is 2.05 bits per heavy atom. The molecule has 116 valence electrons. The van der Waals surface area contributed by atoms with Crippen LogP contribution in [0.15, 0.2) is 12.1 Å². The summed E-state index contributed by atoms with van der Waals surface area (Å²) < 4.78 is 38.7. The Kier molecular flexibility index (Phi) is 4.41. The standard InChI is InChI=1S/C14H18F3N3S/c1-8-4-3-7-20(9(8)2)13-10(12(18)21)5-6-11(19-13)14(15,16)17/h5-6,8-9H,3-4,7H2,1-2H3,(H2,18,21). The van der Waals surface area contributed by atoms with Gasteiger partial charge >= 0.3 is 6.18 Å². The number of alkyl halides is 3. The minimum Gasteiger partial charge on any atom is -0.389 e. The van der Waals surface area contributed by atoms with Crippen molar-refractivity contribution in [3.63, 3.8) is 0 Å². The van der Waals surface area contributed by atoms with Gasteiger partial charge in [-0.1, -0.05) is 19.1 Å². The van der Waals surface area contributed by atoms with Crippen LogP contribution in [0.1, 0.15) is 37.9 Å². The minimum atomic E-state index is -4.48. The molecule has 2 N–H and O–H groups in total. The Labute approximate surface area is 127 Å². The van der Waals surface area contributed by atoms with E-state index >= 15 is 0 Å². The van der Waals surface area contributed by atoms with E-state index in [1.54, 1.807) is 0 Å². The van der Waals surface area contributed by atoms with Gasteiger partial charge in [0.2, 0.25) is 0 Å². The third-order valence-electron chi connectivity index (χ3n) is 4.08. The Morgan fingerprint density at radius 1 is 1.38 bits per heavy atom. The Morgan fingerprint density at radius 3 is 2.62 bits per heavy atom. The van der Waals surface area contributed by atoms with E-state index in [0.717, 1.165) is 18.9 Å². The zero-order valence-corrected chi connectivity index (χ0v) is 12.8. The van der Waals surface area contributed by atoms with Crippen molar-refractivity contribution >= 4 is 23.0 Å². The number of pyridine rings is 1. The number of rotatable bonds is 2. The van der Waals surface area contributed by atoms with Gasteiger partial charge in [0.15, 0.2) is 0 Å². The molecule has 2 atom stereocenters. The first kappa shape index (κ1) is 16.0. The monoisotopic (exact) mass is 317 g/mol. The number of thiocarbonyl (C=S) groups is 1. The molecule has 0 aliphatic carbocycles. The highest BCUT2D eigenvalue weighted by Gasteiger charge is 2.35. The summed E-state index contributed by atoms with van der Waals surface area (Å²) in [6.07, 6.45) is -2.51. The largest absolute Gasteiger partial charge is 0.433 e. The number of nitrogens with two attached hydrogens (primary N) is 1. The highest BCUT2D eigenvalue weighted by atomic mass is 32.1. The second-order valence-corrected chi connectivity index (χ2v) is 5.92. The fraction of sp³-hybridized carbons (Fsp3) is 0.571. The van der Waals surface area contributed by atoms with E-state index in [-0.39, 0.29) is 16.8 Å². The van der Waals surface area contributed by atoms with Crippen LogP contribution >= 0.6 is 12.2 Å². The molecule has 7 heteroatoms. The smallest absolute Gasteiger partial charge is 0.389 e. The topological polar surface area (TPSA) is 42.2 Å². The predicted octanol–water partition coefficient (Wildman–Crippen LogP) is 3.36. The van der Waals surface area contributed by atoms with E-state index in [0.29, 0.717) is 18.0 Å². The molecule has 1 aromatic rings. The lowest BCUT2D eigenvalue weighted by Gasteiger charge is -2.39. The lowest BCUT2D eigenvalue weighted by atomic mass is 9.91. The van der Waals surface area contributed by atoms with Crippen molar-refractivity contribution in [1.29, 1.82) is 0 Å². The molecule has 1 fully saturated rings. The van der Waals surface area contributed by atoms with E-state index in [1.165, 1.54) is 6.07 Å². The van der Waals surface area contributed by atoms with Crippen LogP contribution in [0.2, 0.25) is 0 Å². The Balaban J connectivity index is 2.50. The van der Waals surface area contributed by atoms with Crippen molar-refractivity contribution in [3.05, 3.63) is 23.4 Å². The van der Waals surface area contributed by atoms with Gasteiger partial charge in [-0.2, -0.15) is 13.2 Å². The van der Waals surface area contributed by atoms with Gasteiger partial charge in [0.25, 0.3) is 0 Å². The summed E-state index contributed by atoms with van der Waals surface area (Å²) >= 11 is 4.95. The molecular formula is C14H18F3N3S. The maximum Gasteiger partial charge on any atom is 0.433 e. The van der Waals surface area contributed by atoms with Gasteiger partial charge in [0, 0.05) is 12.6 Å². The van der Waals surface area contributed by atoms with Crippen LogP contribution < -0.4 is 10.6 Å². The molecule has 0 saturated carbocycles. The van der Waals surface area contributed by atoms with Crippen LogP contribution in [0.5, 0.6) is 0 Å². The highest BCUT2D eigenvalue weighted by molar-refractivity contribution is 7.80. The van der Waals surface area contributed by atoms with Gasteiger partial charge in [-0.3, -0.25) is 0 Å². The first-order valence-electron chi connectivity index (χ1n) is 6.86. The summed E-state index contributed by atoms with van der Waals surface area (Å²) in [4.78, 5) is 5.76. The maximum atomic E-state index is 12.9. The van der Waals surface area contributed by atoms with E-state index in [1.807, 2.05) is 11.8 Å². The Hall–Kier alpha value is -1.37. The summed E-state index contributed by atoms with van der Waals surface area (Å²) in [6.45, 7) is 4.75. The summed E-state index contributed by atoms with van der Waals surface area (Å²) in [7, 11) is 0. The zero-order chi connectivity index (χ0) is 15.8. The third kappa shape index (κ3) is 3.28. The minimum absolute atomic E-state index is 0.0663. The molecule has 0 aromatic carbocycles. The normalized spacial score (nSPS) is 23.2. The lowest BCUT2D eigenvalue weighted by molar-refractivity contribution is -0.141. The quantitative estimate of drug-likeness (QED) is 0.849. The molecular weight excluding hydrogens is 299 g/mol. The van der Waals surface area contributed by atoms with Gasteiger partial charge in [0.05, 0.1) is 5.56 Å². The molecule has 3 nitrogen and oxygen atoms in total. The van der Waals surface area contributed by atoms with Crippen molar-refractivity contribution in [1.82, 2.24) is 4.98 Å². The molecule has 2 heterocycles. The average molecular weight is 317 g/mol. The van der Waals surface area contributed by atoms with Crippen molar-refractivity contribution in [2.75, 3.05) is 11.4 Å². The zero-order valence-electron chi connectivity index (χ0n) is 11.9. The summed E-state index contributed by atoms with van der Waals surface area (Å²) in [5.74, 6) is 0.630. The maximum absolute atomic E-state index is 12.9. The van der Waals surface area contributed by atoms with E-state index in [2.05, 4.69) is 11.9 Å². The van der Waals surface area contributed by atoms with Gasteiger partial charge in [-0.15, -0.1) is 0 Å². The molecule has 1 aromatic heterocycles. The van der Waals surface area contributed by atoms with Gasteiger partial charge < -0.3 is 10.6 Å². The van der Waals surface area contributed by atoms with Crippen LogP contribution in [-0.2, 0) is 6.18 Å². The van der Waals surface area contributed by atoms with E-state index in [4.69, 9.17) is 18.0 Å². The van der Waals surface area contributed by atoms with E-state index < -0.39 is 11.9 Å². The number of aromatic nitrogens is 1. The predicted molar refractivity (Wildman–Crippen MR) is 80.3 cm³/mol. The van der Waals surface area contributed by atoms with E-state index in [9.17, 15) is 13.2 Å². The number of hydrogen-bond acceptors (Lipinski definition) is 3. The number of anilines is 1. The average Bonchev–Trinajstić information content (AvgIpc) is 2.40. The SMILES string of the molecule is CC1CCCN(c2nc(C(F)(F)F)ccc2C(N)=S)C1C. The molecule has 21 heavy (non-hydrogen) atoms. The van der Waals surface area contributed by atoms with Crippen LogP contribution in [0, 0.1) is 5.92 Å². The lowest BCUT2D eigenvalue weighted by Crippen LogP contribution is -2.44. The highest BCUT2D eigenvalue weighted by Crippen LogP contribution is 2.33. The van der Waals surface area contributed by atoms with Gasteiger partial charge in [-0.05, 0) is 37.8 Å². The summed E-state index contributed by atoms with van der Waals surface area (Å²) in [6, 6.07) is 2.35. The first-order chi connectivity index (χ1) is 9.71. The van der Waals surface area contributed by atoms with Crippen molar-refractivity contribution < 1.29 is 13.2 Å². The number of nitrogens with zero attached hydrogens (tertiary/aromatic N) is 2. The van der Waals surface area contributed by atoms with Crippen LogP contribution in [0.3, 0.4) is 0 Å². The third-order valence-corrected chi connectivity index (χ3v) is 4.30. The fourth-order valence-electron chi connectivity index (χ4n) is 2.65. The molecule has 0 bridgehead atoms. The summed E-state index contributed by atoms with van der Waals surface area (Å²) in [5.41, 5.74) is 5.13. The molecule has 2 unspecified atom stereocenters.